The second-order valence-corrected chi connectivity index (χ2v) is 2.86. The highest BCUT2D eigenvalue weighted by Crippen LogP contribution is 2.11. The summed E-state index contributed by atoms with van der Waals surface area (Å²) in [6.07, 6.45) is 5.28. The van der Waals surface area contributed by atoms with Gasteiger partial charge in [0.05, 0.1) is 18.5 Å². The van der Waals surface area contributed by atoms with E-state index in [9.17, 15) is 0 Å². The third-order valence-electron chi connectivity index (χ3n) is 1.92. The minimum atomic E-state index is 0. The maximum Gasteiger partial charge on any atom is 0.176 e. The summed E-state index contributed by atoms with van der Waals surface area (Å²) in [5.74, 6) is 0. The first-order chi connectivity index (χ1) is 6.92. The first-order valence-corrected chi connectivity index (χ1v) is 4.43. The highest BCUT2D eigenvalue weighted by molar-refractivity contribution is 5.85. The van der Waals surface area contributed by atoms with E-state index in [1.165, 1.54) is 0 Å². The van der Waals surface area contributed by atoms with E-state index in [1.54, 1.807) is 24.0 Å². The van der Waals surface area contributed by atoms with Gasteiger partial charge in [-0.2, -0.15) is 5.10 Å². The SMILES string of the molecule is COCCNc1ccnn2ccnc12.Cl. The number of hydrogen-bond donors (Lipinski definition) is 1. The van der Waals surface area contributed by atoms with Crippen molar-refractivity contribution in [2.45, 2.75) is 0 Å². The van der Waals surface area contributed by atoms with Crippen molar-refractivity contribution in [1.82, 2.24) is 14.6 Å². The summed E-state index contributed by atoms with van der Waals surface area (Å²) < 4.78 is 6.68. The highest BCUT2D eigenvalue weighted by Gasteiger charge is 2.00. The predicted molar refractivity (Wildman–Crippen MR) is 60.6 cm³/mol. The molecule has 5 nitrogen and oxygen atoms in total. The summed E-state index contributed by atoms with van der Waals surface area (Å²) in [7, 11) is 1.68. The molecule has 0 amide bonds. The third kappa shape index (κ3) is 2.57. The minimum Gasteiger partial charge on any atom is -0.383 e. The first kappa shape index (κ1) is 11.7. The van der Waals surface area contributed by atoms with Crippen molar-refractivity contribution >= 4 is 23.7 Å². The van der Waals surface area contributed by atoms with Crippen molar-refractivity contribution in [2.75, 3.05) is 25.6 Å². The average molecular weight is 229 g/mol. The number of anilines is 1. The van der Waals surface area contributed by atoms with Crippen LogP contribution in [0, 0.1) is 0 Å². The van der Waals surface area contributed by atoms with Crippen molar-refractivity contribution < 1.29 is 4.74 Å². The van der Waals surface area contributed by atoms with Crippen LogP contribution in [0.15, 0.2) is 24.7 Å². The molecule has 2 heterocycles. The van der Waals surface area contributed by atoms with Crippen LogP contribution in [0.2, 0.25) is 0 Å². The molecule has 0 saturated heterocycles. The van der Waals surface area contributed by atoms with Crippen molar-refractivity contribution in [3.05, 3.63) is 24.7 Å². The van der Waals surface area contributed by atoms with Gasteiger partial charge in [-0.3, -0.25) is 0 Å². The van der Waals surface area contributed by atoms with E-state index >= 15 is 0 Å². The van der Waals surface area contributed by atoms with E-state index in [1.807, 2.05) is 12.3 Å². The molecule has 2 rings (SSSR count). The molecule has 2 aromatic rings. The number of hydrogen-bond acceptors (Lipinski definition) is 4. The topological polar surface area (TPSA) is 51.5 Å². The summed E-state index contributed by atoms with van der Waals surface area (Å²) in [6.45, 7) is 1.44. The van der Waals surface area contributed by atoms with E-state index in [-0.39, 0.29) is 12.4 Å². The average Bonchev–Trinajstić information content (AvgIpc) is 2.67. The fourth-order valence-corrected chi connectivity index (χ4v) is 1.26. The molecular weight excluding hydrogens is 216 g/mol. The maximum absolute atomic E-state index is 4.95. The number of aromatic nitrogens is 3. The highest BCUT2D eigenvalue weighted by atomic mass is 35.5. The van der Waals surface area contributed by atoms with Gasteiger partial charge < -0.3 is 10.1 Å². The molecule has 15 heavy (non-hydrogen) atoms. The van der Waals surface area contributed by atoms with E-state index < -0.39 is 0 Å². The third-order valence-corrected chi connectivity index (χ3v) is 1.92. The Morgan fingerprint density at radius 3 is 3.13 bits per heavy atom. The van der Waals surface area contributed by atoms with Crippen LogP contribution in [-0.4, -0.2) is 34.9 Å². The van der Waals surface area contributed by atoms with E-state index in [2.05, 4.69) is 15.4 Å². The number of ether oxygens (including phenoxy) is 1. The predicted octanol–water partition coefficient (Wildman–Crippen LogP) is 1.21. The van der Waals surface area contributed by atoms with Crippen LogP contribution in [0.4, 0.5) is 5.69 Å². The fraction of sp³-hybridized carbons (Fsp3) is 0.333. The van der Waals surface area contributed by atoms with Crippen molar-refractivity contribution in [1.29, 1.82) is 0 Å². The lowest BCUT2D eigenvalue weighted by molar-refractivity contribution is 0.211. The number of rotatable bonds is 4. The van der Waals surface area contributed by atoms with Crippen molar-refractivity contribution in [3.63, 3.8) is 0 Å². The van der Waals surface area contributed by atoms with E-state index in [0.717, 1.165) is 17.9 Å². The smallest absolute Gasteiger partial charge is 0.176 e. The van der Waals surface area contributed by atoms with Crippen molar-refractivity contribution in [3.8, 4) is 0 Å². The lowest BCUT2D eigenvalue weighted by atomic mass is 10.4. The summed E-state index contributed by atoms with van der Waals surface area (Å²) in [5, 5.41) is 7.34. The van der Waals surface area contributed by atoms with E-state index in [0.29, 0.717) is 6.61 Å². The minimum absolute atomic E-state index is 0. The molecule has 0 saturated carbocycles. The molecule has 1 N–H and O–H groups in total. The van der Waals surface area contributed by atoms with Gasteiger partial charge in [0, 0.05) is 26.0 Å². The Hall–Kier alpha value is -1.33. The molecule has 0 aliphatic rings. The van der Waals surface area contributed by atoms with Gasteiger partial charge >= 0.3 is 0 Å². The molecule has 82 valence electrons. The Morgan fingerprint density at radius 1 is 1.47 bits per heavy atom. The largest absolute Gasteiger partial charge is 0.383 e. The van der Waals surface area contributed by atoms with Gasteiger partial charge in [0.25, 0.3) is 0 Å². The monoisotopic (exact) mass is 228 g/mol. The molecule has 0 fully saturated rings. The summed E-state index contributed by atoms with van der Waals surface area (Å²) in [6, 6.07) is 1.90. The Balaban J connectivity index is 0.00000112. The molecule has 2 aromatic heterocycles. The zero-order valence-electron chi connectivity index (χ0n) is 8.38. The van der Waals surface area contributed by atoms with Gasteiger partial charge in [-0.15, -0.1) is 12.4 Å². The summed E-state index contributed by atoms with van der Waals surface area (Å²) in [4.78, 5) is 4.19. The number of fused-ring (bicyclic) bond motifs is 1. The number of nitrogens with zero attached hydrogens (tertiary/aromatic N) is 3. The zero-order chi connectivity index (χ0) is 9.80. The van der Waals surface area contributed by atoms with Crippen molar-refractivity contribution in [2.24, 2.45) is 0 Å². The lowest BCUT2D eigenvalue weighted by Crippen LogP contribution is -2.09. The van der Waals surface area contributed by atoms with Crippen LogP contribution in [0.3, 0.4) is 0 Å². The Labute approximate surface area is 93.9 Å². The van der Waals surface area contributed by atoms with Crippen LogP contribution in [0.25, 0.3) is 5.65 Å². The fourth-order valence-electron chi connectivity index (χ4n) is 1.26. The molecule has 6 heteroatoms. The van der Waals surface area contributed by atoms with Crippen LogP contribution in [0.5, 0.6) is 0 Å². The van der Waals surface area contributed by atoms with Crippen LogP contribution in [0.1, 0.15) is 0 Å². The number of methoxy groups -OCH3 is 1. The van der Waals surface area contributed by atoms with Crippen LogP contribution < -0.4 is 5.32 Å². The summed E-state index contributed by atoms with van der Waals surface area (Å²) in [5.41, 5.74) is 1.81. The Kier molecular flexibility index (Phi) is 4.33. The molecule has 0 aromatic carbocycles. The Morgan fingerprint density at radius 2 is 2.33 bits per heavy atom. The first-order valence-electron chi connectivity index (χ1n) is 4.43. The summed E-state index contributed by atoms with van der Waals surface area (Å²) >= 11 is 0. The number of halogens is 1. The molecule has 0 aliphatic heterocycles. The molecule has 0 bridgehead atoms. The van der Waals surface area contributed by atoms with E-state index in [4.69, 9.17) is 4.74 Å². The van der Waals surface area contributed by atoms with Gasteiger partial charge in [0.1, 0.15) is 0 Å². The van der Waals surface area contributed by atoms with Gasteiger partial charge in [0.15, 0.2) is 5.65 Å². The quantitative estimate of drug-likeness (QED) is 0.800. The molecule has 0 atom stereocenters. The van der Waals surface area contributed by atoms with Gasteiger partial charge in [-0.1, -0.05) is 0 Å². The standard InChI is InChI=1S/C9H12N4O.ClH/c1-14-7-5-10-8-2-3-12-13-6-4-11-9(8)13;/h2-4,6,10H,5,7H2,1H3;1H. The van der Waals surface area contributed by atoms with Crippen LogP contribution in [-0.2, 0) is 4.74 Å². The van der Waals surface area contributed by atoms with Gasteiger partial charge in [0.2, 0.25) is 0 Å². The molecular formula is C9H13ClN4O. The maximum atomic E-state index is 4.95. The normalized spacial score (nSPS) is 9.93. The molecule has 0 radical (unpaired) electrons. The number of nitrogens with one attached hydrogen (secondary N) is 1. The Bertz CT molecular complexity index is 417. The lowest BCUT2D eigenvalue weighted by Gasteiger charge is -2.05. The van der Waals surface area contributed by atoms with Gasteiger partial charge in [-0.05, 0) is 6.07 Å². The van der Waals surface area contributed by atoms with Crippen LogP contribution >= 0.6 is 12.4 Å². The zero-order valence-corrected chi connectivity index (χ0v) is 9.20. The molecule has 0 aliphatic carbocycles. The van der Waals surface area contributed by atoms with Gasteiger partial charge in [-0.25, -0.2) is 9.50 Å². The molecule has 0 unspecified atom stereocenters. The second kappa shape index (κ2) is 5.53. The molecule has 0 spiro atoms. The second-order valence-electron chi connectivity index (χ2n) is 2.86. The number of imidazole rings is 1.